The molecule has 1 heterocycles. The molecule has 1 aliphatic rings. The number of ether oxygens (including phenoxy) is 1. The number of anilines is 1. The van der Waals surface area contributed by atoms with Crippen LogP contribution in [0.25, 0.3) is 0 Å². The van der Waals surface area contributed by atoms with Gasteiger partial charge in [-0.2, -0.15) is 16.1 Å². The van der Waals surface area contributed by atoms with Crippen molar-refractivity contribution in [3.8, 4) is 5.75 Å². The molecule has 2 unspecified atom stereocenters. The maximum atomic E-state index is 13.0. The number of benzene rings is 1. The molecule has 118 valence electrons. The molecule has 0 radical (unpaired) electrons. The van der Waals surface area contributed by atoms with Gasteiger partial charge in [0.15, 0.2) is 0 Å². The molecule has 5 nitrogen and oxygen atoms in total. The number of rotatable bonds is 4. The van der Waals surface area contributed by atoms with Crippen molar-refractivity contribution in [3.63, 3.8) is 0 Å². The van der Waals surface area contributed by atoms with Gasteiger partial charge in [0.1, 0.15) is 10.6 Å². The fraction of sp³-hybridized carbons (Fsp3) is 0.571. The molecule has 1 aliphatic heterocycles. The highest BCUT2D eigenvalue weighted by Gasteiger charge is 2.36. The molecule has 1 fully saturated rings. The third-order valence-corrected chi connectivity index (χ3v) is 7.03. The maximum Gasteiger partial charge on any atom is 0.247 e. The minimum Gasteiger partial charge on any atom is -0.492 e. The summed E-state index contributed by atoms with van der Waals surface area (Å²) < 4.78 is 33.0. The molecule has 0 bridgehead atoms. The van der Waals surface area contributed by atoms with Crippen molar-refractivity contribution in [1.29, 1.82) is 0 Å². The summed E-state index contributed by atoms with van der Waals surface area (Å²) in [5, 5.41) is 0.269. The van der Waals surface area contributed by atoms with E-state index in [4.69, 9.17) is 10.5 Å². The molecule has 1 aromatic carbocycles. The van der Waals surface area contributed by atoms with Gasteiger partial charge in [0.25, 0.3) is 0 Å². The Bertz CT molecular complexity index is 604. The maximum absolute atomic E-state index is 13.0. The molecule has 1 saturated heterocycles. The Morgan fingerprint density at radius 1 is 1.43 bits per heavy atom. The third kappa shape index (κ3) is 3.30. The summed E-state index contributed by atoms with van der Waals surface area (Å²) in [6, 6.07) is 4.71. The fourth-order valence-electron chi connectivity index (χ4n) is 2.37. The standard InChI is InChI=1S/C14H22N2O3S2/c1-4-19-13-6-5-12(15)9-14(13)21(17,18)16-7-8-20-11(3)10(16)2/h5-6,9-11H,4,7-8,15H2,1-3H3. The molecule has 0 saturated carbocycles. The molecule has 21 heavy (non-hydrogen) atoms. The van der Waals surface area contributed by atoms with Crippen LogP contribution in [0.2, 0.25) is 0 Å². The number of nitrogens with two attached hydrogens (primary N) is 1. The smallest absolute Gasteiger partial charge is 0.247 e. The minimum atomic E-state index is -3.60. The first kappa shape index (κ1) is 16.5. The Morgan fingerprint density at radius 2 is 2.14 bits per heavy atom. The van der Waals surface area contributed by atoms with Crippen LogP contribution in [0, 0.1) is 0 Å². The molecule has 1 aromatic rings. The zero-order valence-corrected chi connectivity index (χ0v) is 14.2. The molecule has 7 heteroatoms. The van der Waals surface area contributed by atoms with Crippen LogP contribution < -0.4 is 10.5 Å². The van der Waals surface area contributed by atoms with E-state index in [9.17, 15) is 8.42 Å². The van der Waals surface area contributed by atoms with Crippen molar-refractivity contribution >= 4 is 27.5 Å². The van der Waals surface area contributed by atoms with E-state index in [0.717, 1.165) is 5.75 Å². The van der Waals surface area contributed by atoms with E-state index in [1.54, 1.807) is 28.2 Å². The fourth-order valence-corrected chi connectivity index (χ4v) is 5.53. The number of hydrogen-bond acceptors (Lipinski definition) is 5. The van der Waals surface area contributed by atoms with Crippen LogP contribution in [0.5, 0.6) is 5.75 Å². The molecule has 2 rings (SSSR count). The molecular formula is C14H22N2O3S2. The van der Waals surface area contributed by atoms with Gasteiger partial charge in [-0.1, -0.05) is 6.92 Å². The summed E-state index contributed by atoms with van der Waals surface area (Å²) in [6.07, 6.45) is 0. The monoisotopic (exact) mass is 330 g/mol. The Morgan fingerprint density at radius 3 is 2.81 bits per heavy atom. The SMILES string of the molecule is CCOc1ccc(N)cc1S(=O)(=O)N1CCSC(C)C1C. The van der Waals surface area contributed by atoms with Crippen LogP contribution in [-0.4, -0.2) is 42.9 Å². The van der Waals surface area contributed by atoms with E-state index in [1.165, 1.54) is 6.07 Å². The topological polar surface area (TPSA) is 72.6 Å². The molecule has 0 aliphatic carbocycles. The number of nitrogens with zero attached hydrogens (tertiary/aromatic N) is 1. The van der Waals surface area contributed by atoms with Crippen LogP contribution in [0.15, 0.2) is 23.1 Å². The van der Waals surface area contributed by atoms with E-state index < -0.39 is 10.0 Å². The first-order valence-electron chi connectivity index (χ1n) is 7.03. The van der Waals surface area contributed by atoms with Crippen LogP contribution >= 0.6 is 11.8 Å². The van der Waals surface area contributed by atoms with Crippen LogP contribution in [0.1, 0.15) is 20.8 Å². The van der Waals surface area contributed by atoms with E-state index in [1.807, 2.05) is 13.8 Å². The van der Waals surface area contributed by atoms with Crippen molar-refractivity contribution in [1.82, 2.24) is 4.31 Å². The average molecular weight is 330 g/mol. The predicted molar refractivity (Wildman–Crippen MR) is 87.3 cm³/mol. The highest BCUT2D eigenvalue weighted by atomic mass is 32.2. The van der Waals surface area contributed by atoms with Crippen LogP contribution in [0.3, 0.4) is 0 Å². The summed E-state index contributed by atoms with van der Waals surface area (Å²) in [5.74, 6) is 1.17. The van der Waals surface area contributed by atoms with Crippen molar-refractivity contribution in [2.24, 2.45) is 0 Å². The van der Waals surface area contributed by atoms with Gasteiger partial charge < -0.3 is 10.5 Å². The molecule has 0 aromatic heterocycles. The zero-order valence-electron chi connectivity index (χ0n) is 12.6. The Balaban J connectivity index is 2.45. The van der Waals surface area contributed by atoms with Crippen molar-refractivity contribution in [3.05, 3.63) is 18.2 Å². The largest absolute Gasteiger partial charge is 0.492 e. The molecule has 2 atom stereocenters. The zero-order chi connectivity index (χ0) is 15.6. The summed E-state index contributed by atoms with van der Waals surface area (Å²) in [6.45, 7) is 6.75. The van der Waals surface area contributed by atoms with Crippen molar-refractivity contribution in [2.75, 3.05) is 24.6 Å². The summed E-state index contributed by atoms with van der Waals surface area (Å²) >= 11 is 1.80. The van der Waals surface area contributed by atoms with Crippen molar-refractivity contribution in [2.45, 2.75) is 37.0 Å². The van der Waals surface area contributed by atoms with Gasteiger partial charge in [0, 0.05) is 29.3 Å². The predicted octanol–water partition coefficient (Wildman–Crippen LogP) is 2.18. The number of sulfonamides is 1. The Labute approximate surface area is 130 Å². The molecule has 0 spiro atoms. The van der Waals surface area contributed by atoms with Crippen LogP contribution in [-0.2, 0) is 10.0 Å². The lowest BCUT2D eigenvalue weighted by atomic mass is 10.2. The van der Waals surface area contributed by atoms with E-state index >= 15 is 0 Å². The second kappa shape index (κ2) is 6.46. The second-order valence-electron chi connectivity index (χ2n) is 5.07. The summed E-state index contributed by atoms with van der Waals surface area (Å²) in [7, 11) is -3.60. The molecule has 0 amide bonds. The highest BCUT2D eigenvalue weighted by molar-refractivity contribution is 8.00. The van der Waals surface area contributed by atoms with Gasteiger partial charge in [0.2, 0.25) is 10.0 Å². The number of hydrogen-bond donors (Lipinski definition) is 1. The molecule has 2 N–H and O–H groups in total. The lowest BCUT2D eigenvalue weighted by Crippen LogP contribution is -2.47. The number of thioether (sulfide) groups is 1. The van der Waals surface area contributed by atoms with Gasteiger partial charge in [-0.05, 0) is 32.0 Å². The van der Waals surface area contributed by atoms with E-state index in [-0.39, 0.29) is 16.2 Å². The van der Waals surface area contributed by atoms with Crippen LogP contribution in [0.4, 0.5) is 5.69 Å². The van der Waals surface area contributed by atoms with Gasteiger partial charge in [0.05, 0.1) is 6.61 Å². The average Bonchev–Trinajstić information content (AvgIpc) is 2.43. The van der Waals surface area contributed by atoms with Crippen molar-refractivity contribution < 1.29 is 13.2 Å². The lowest BCUT2D eigenvalue weighted by Gasteiger charge is -2.36. The third-order valence-electron chi connectivity index (χ3n) is 3.68. The summed E-state index contributed by atoms with van der Waals surface area (Å²) in [4.78, 5) is 0.162. The van der Waals surface area contributed by atoms with Gasteiger partial charge >= 0.3 is 0 Å². The normalized spacial score (nSPS) is 24.0. The first-order chi connectivity index (χ1) is 9.87. The quantitative estimate of drug-likeness (QED) is 0.857. The minimum absolute atomic E-state index is 0.0512. The van der Waals surface area contributed by atoms with E-state index in [0.29, 0.717) is 24.6 Å². The Kier molecular flexibility index (Phi) is 5.06. The lowest BCUT2D eigenvalue weighted by molar-refractivity contribution is 0.320. The van der Waals surface area contributed by atoms with Gasteiger partial charge in [-0.3, -0.25) is 0 Å². The summed E-state index contributed by atoms with van der Waals surface area (Å²) in [5.41, 5.74) is 6.19. The number of nitrogen functional groups attached to an aromatic ring is 1. The van der Waals surface area contributed by atoms with E-state index in [2.05, 4.69) is 6.92 Å². The van der Waals surface area contributed by atoms with Gasteiger partial charge in [-0.15, -0.1) is 0 Å². The van der Waals surface area contributed by atoms with Gasteiger partial charge in [-0.25, -0.2) is 8.42 Å². The first-order valence-corrected chi connectivity index (χ1v) is 9.52. The second-order valence-corrected chi connectivity index (χ2v) is 8.42. The highest BCUT2D eigenvalue weighted by Crippen LogP contribution is 2.34. The Hall–Kier alpha value is -0.920. The molecular weight excluding hydrogens is 308 g/mol.